The van der Waals surface area contributed by atoms with Crippen LogP contribution in [0.5, 0.6) is 0 Å². The highest BCUT2D eigenvalue weighted by molar-refractivity contribution is 9.10. The van der Waals surface area contributed by atoms with Gasteiger partial charge in [0.05, 0.1) is 0 Å². The molecule has 0 aliphatic carbocycles. The summed E-state index contributed by atoms with van der Waals surface area (Å²) in [7, 11) is 0. The molecule has 2 nitrogen and oxygen atoms in total. The van der Waals surface area contributed by atoms with Crippen molar-refractivity contribution in [3.8, 4) is 0 Å². The molecule has 0 aliphatic rings. The molecule has 0 aromatic heterocycles. The Hall–Kier alpha value is -0.0600. The van der Waals surface area contributed by atoms with Gasteiger partial charge in [-0.2, -0.15) is 0 Å². The molecule has 0 amide bonds. The number of rotatable bonds is 1. The van der Waals surface area contributed by atoms with Crippen LogP contribution in [0, 0.1) is 0 Å². The van der Waals surface area contributed by atoms with Crippen LogP contribution in [0.25, 0.3) is 0 Å². The molecule has 56 valence electrons. The van der Waals surface area contributed by atoms with Crippen molar-refractivity contribution < 1.29 is 0 Å². The number of hydrazine groups is 1. The Kier molecular flexibility index (Phi) is 4.68. The summed E-state index contributed by atoms with van der Waals surface area (Å²) in [6.07, 6.45) is 0. The molecule has 1 aromatic carbocycles. The van der Waals surface area contributed by atoms with Gasteiger partial charge in [-0.1, -0.05) is 15.9 Å². The summed E-state index contributed by atoms with van der Waals surface area (Å²) in [5.74, 6) is 5.13. The van der Waals surface area contributed by atoms with Crippen LogP contribution in [0.15, 0.2) is 28.7 Å². The highest BCUT2D eigenvalue weighted by Crippen LogP contribution is 2.12. The van der Waals surface area contributed by atoms with Gasteiger partial charge in [0, 0.05) is 10.2 Å². The number of halogens is 2. The SMILES string of the molecule is Br.NNc1ccc(Br)cc1. The molecule has 4 heteroatoms. The first-order valence-electron chi connectivity index (χ1n) is 2.55. The molecule has 0 fully saturated rings. The molecule has 0 bridgehead atoms. The fourth-order valence-electron chi connectivity index (χ4n) is 0.546. The van der Waals surface area contributed by atoms with Gasteiger partial charge in [-0.05, 0) is 24.3 Å². The van der Waals surface area contributed by atoms with E-state index in [4.69, 9.17) is 5.84 Å². The maximum atomic E-state index is 5.13. The Labute approximate surface area is 78.7 Å². The van der Waals surface area contributed by atoms with Crippen LogP contribution in [0.4, 0.5) is 5.69 Å². The number of anilines is 1. The van der Waals surface area contributed by atoms with Crippen LogP contribution < -0.4 is 11.3 Å². The van der Waals surface area contributed by atoms with E-state index in [-0.39, 0.29) is 17.0 Å². The highest BCUT2D eigenvalue weighted by Gasteiger charge is 1.85. The van der Waals surface area contributed by atoms with E-state index in [2.05, 4.69) is 21.4 Å². The molecule has 0 saturated carbocycles. The van der Waals surface area contributed by atoms with E-state index in [1.807, 2.05) is 24.3 Å². The summed E-state index contributed by atoms with van der Waals surface area (Å²) in [6, 6.07) is 7.64. The molecule has 0 aliphatic heterocycles. The van der Waals surface area contributed by atoms with Crippen molar-refractivity contribution >= 4 is 38.6 Å². The van der Waals surface area contributed by atoms with Crippen LogP contribution in [0.2, 0.25) is 0 Å². The Morgan fingerprint density at radius 2 is 1.70 bits per heavy atom. The topological polar surface area (TPSA) is 38.0 Å². The Balaban J connectivity index is 0.000000810. The summed E-state index contributed by atoms with van der Waals surface area (Å²) < 4.78 is 1.06. The third-order valence-corrected chi connectivity index (χ3v) is 1.54. The first-order valence-corrected chi connectivity index (χ1v) is 3.34. The monoisotopic (exact) mass is 266 g/mol. The van der Waals surface area contributed by atoms with Gasteiger partial charge in [-0.25, -0.2) is 0 Å². The summed E-state index contributed by atoms with van der Waals surface area (Å²) in [5.41, 5.74) is 3.45. The van der Waals surface area contributed by atoms with E-state index in [1.54, 1.807) is 0 Å². The molecule has 0 radical (unpaired) electrons. The normalized spacial score (nSPS) is 8.20. The van der Waals surface area contributed by atoms with Gasteiger partial charge in [0.15, 0.2) is 0 Å². The molecular weight excluding hydrogens is 260 g/mol. The fraction of sp³-hybridized carbons (Fsp3) is 0. The minimum atomic E-state index is 0. The number of hydrogen-bond donors (Lipinski definition) is 2. The van der Waals surface area contributed by atoms with Crippen LogP contribution in [0.1, 0.15) is 0 Å². The lowest BCUT2D eigenvalue weighted by Crippen LogP contribution is -2.05. The standard InChI is InChI=1S/C6H7BrN2.BrH/c7-5-1-3-6(9-8)4-2-5;/h1-4,9H,8H2;1H. The Morgan fingerprint density at radius 3 is 2.10 bits per heavy atom. The zero-order chi connectivity index (χ0) is 6.69. The van der Waals surface area contributed by atoms with Gasteiger partial charge in [0.1, 0.15) is 0 Å². The van der Waals surface area contributed by atoms with Crippen molar-refractivity contribution in [3.05, 3.63) is 28.7 Å². The molecule has 3 N–H and O–H groups in total. The fourth-order valence-corrected chi connectivity index (χ4v) is 0.810. The maximum absolute atomic E-state index is 5.13. The molecular formula is C6H8Br2N2. The lowest BCUT2D eigenvalue weighted by molar-refractivity contribution is 1.35. The lowest BCUT2D eigenvalue weighted by Gasteiger charge is -1.96. The van der Waals surface area contributed by atoms with Crippen molar-refractivity contribution in [2.75, 3.05) is 5.43 Å². The zero-order valence-electron chi connectivity index (χ0n) is 5.17. The van der Waals surface area contributed by atoms with Crippen molar-refractivity contribution in [1.82, 2.24) is 0 Å². The number of benzene rings is 1. The second kappa shape index (κ2) is 4.71. The lowest BCUT2D eigenvalue weighted by atomic mass is 10.3. The third-order valence-electron chi connectivity index (χ3n) is 1.01. The summed E-state index contributed by atoms with van der Waals surface area (Å²) in [4.78, 5) is 0. The minimum Gasteiger partial charge on any atom is -0.324 e. The summed E-state index contributed by atoms with van der Waals surface area (Å²) in [6.45, 7) is 0. The van der Waals surface area contributed by atoms with Crippen molar-refractivity contribution in [3.63, 3.8) is 0 Å². The summed E-state index contributed by atoms with van der Waals surface area (Å²) in [5, 5.41) is 0. The molecule has 0 atom stereocenters. The minimum absolute atomic E-state index is 0. The maximum Gasteiger partial charge on any atom is 0.0485 e. The van der Waals surface area contributed by atoms with Crippen LogP contribution in [-0.4, -0.2) is 0 Å². The van der Waals surface area contributed by atoms with Gasteiger partial charge in [-0.15, -0.1) is 17.0 Å². The van der Waals surface area contributed by atoms with E-state index < -0.39 is 0 Å². The molecule has 0 unspecified atom stereocenters. The molecule has 0 saturated heterocycles. The van der Waals surface area contributed by atoms with Crippen molar-refractivity contribution in [1.29, 1.82) is 0 Å². The molecule has 0 spiro atoms. The van der Waals surface area contributed by atoms with Gasteiger partial charge < -0.3 is 5.43 Å². The average Bonchev–Trinajstić information content (AvgIpc) is 1.90. The zero-order valence-corrected chi connectivity index (χ0v) is 8.47. The first kappa shape index (κ1) is 9.94. The smallest absolute Gasteiger partial charge is 0.0485 e. The predicted octanol–water partition coefficient (Wildman–Crippen LogP) is 2.31. The second-order valence-electron chi connectivity index (χ2n) is 1.65. The van der Waals surface area contributed by atoms with E-state index in [0.29, 0.717) is 0 Å². The predicted molar refractivity (Wildman–Crippen MR) is 52.3 cm³/mol. The number of nitrogens with one attached hydrogen (secondary N) is 1. The van der Waals surface area contributed by atoms with Gasteiger partial charge in [0.2, 0.25) is 0 Å². The van der Waals surface area contributed by atoms with Gasteiger partial charge in [-0.3, -0.25) is 5.84 Å². The van der Waals surface area contributed by atoms with Crippen LogP contribution in [-0.2, 0) is 0 Å². The third kappa shape index (κ3) is 2.68. The van der Waals surface area contributed by atoms with Crippen LogP contribution in [0.3, 0.4) is 0 Å². The van der Waals surface area contributed by atoms with Crippen LogP contribution >= 0.6 is 32.9 Å². The number of nitrogens with two attached hydrogens (primary N) is 1. The van der Waals surface area contributed by atoms with E-state index >= 15 is 0 Å². The van der Waals surface area contributed by atoms with E-state index in [0.717, 1.165) is 10.2 Å². The molecule has 0 heterocycles. The second-order valence-corrected chi connectivity index (χ2v) is 2.57. The van der Waals surface area contributed by atoms with E-state index in [1.165, 1.54) is 0 Å². The molecule has 1 rings (SSSR count). The molecule has 1 aromatic rings. The van der Waals surface area contributed by atoms with E-state index in [9.17, 15) is 0 Å². The largest absolute Gasteiger partial charge is 0.324 e. The molecule has 10 heavy (non-hydrogen) atoms. The van der Waals surface area contributed by atoms with Crippen molar-refractivity contribution in [2.45, 2.75) is 0 Å². The van der Waals surface area contributed by atoms with Gasteiger partial charge >= 0.3 is 0 Å². The first-order chi connectivity index (χ1) is 4.33. The summed E-state index contributed by atoms with van der Waals surface area (Å²) >= 11 is 3.31. The van der Waals surface area contributed by atoms with Gasteiger partial charge in [0.25, 0.3) is 0 Å². The highest BCUT2D eigenvalue weighted by atomic mass is 79.9. The average molecular weight is 268 g/mol. The van der Waals surface area contributed by atoms with Crippen molar-refractivity contribution in [2.24, 2.45) is 5.84 Å². The Morgan fingerprint density at radius 1 is 1.20 bits per heavy atom. The Bertz CT molecular complexity index is 185. The number of nitrogen functional groups attached to an aromatic ring is 1. The number of hydrogen-bond acceptors (Lipinski definition) is 2. The quantitative estimate of drug-likeness (QED) is 0.605.